The minimum Gasteiger partial charge on any atom is -0.357 e. The number of aryl methyl sites for hydroxylation is 1. The van der Waals surface area contributed by atoms with Crippen molar-refractivity contribution < 1.29 is 0 Å². The zero-order chi connectivity index (χ0) is 9.26. The molecule has 5 nitrogen and oxygen atoms in total. The van der Waals surface area contributed by atoms with Crippen molar-refractivity contribution >= 4 is 17.1 Å². The Kier molecular flexibility index (Phi) is 1.84. The van der Waals surface area contributed by atoms with Crippen molar-refractivity contribution in [2.24, 2.45) is 0 Å². The molecule has 0 aliphatic carbocycles. The second kappa shape index (κ2) is 3.01. The molecule has 0 saturated carbocycles. The summed E-state index contributed by atoms with van der Waals surface area (Å²) in [6, 6.07) is 0. The maximum Gasteiger partial charge on any atom is 0.224 e. The molecule has 0 aromatic carbocycles. The van der Waals surface area contributed by atoms with E-state index in [1.807, 2.05) is 0 Å². The normalized spacial score (nSPS) is 10.6. The summed E-state index contributed by atoms with van der Waals surface area (Å²) in [5.41, 5.74) is 2.64. The lowest BCUT2D eigenvalue weighted by Crippen LogP contribution is -2.00. The van der Waals surface area contributed by atoms with Crippen molar-refractivity contribution in [1.82, 2.24) is 19.9 Å². The molecule has 2 aromatic rings. The number of hydrogen-bond donors (Lipinski definition) is 2. The molecule has 2 rings (SSSR count). The quantitative estimate of drug-likeness (QED) is 0.717. The molecule has 0 aliphatic heterocycles. The van der Waals surface area contributed by atoms with Crippen LogP contribution in [0.25, 0.3) is 11.2 Å². The highest BCUT2D eigenvalue weighted by Crippen LogP contribution is 2.13. The largest absolute Gasteiger partial charge is 0.357 e. The molecule has 0 atom stereocenters. The predicted octanol–water partition coefficient (Wildman–Crippen LogP) is 0.957. The number of anilines is 1. The van der Waals surface area contributed by atoms with Gasteiger partial charge < -0.3 is 10.3 Å². The van der Waals surface area contributed by atoms with Gasteiger partial charge in [-0.05, 0) is 6.42 Å². The van der Waals surface area contributed by atoms with E-state index in [2.05, 4.69) is 32.2 Å². The summed E-state index contributed by atoms with van der Waals surface area (Å²) in [4.78, 5) is 15.6. The fourth-order valence-electron chi connectivity index (χ4n) is 1.26. The standard InChI is InChI=1S/C8H11N5/c1-3-5-6-7(11-4-10-6)13-8(9-2)12-5/h4H,3H2,1-2H3,(H2,9,10,11,12,13). The van der Waals surface area contributed by atoms with Crippen molar-refractivity contribution in [3.8, 4) is 0 Å². The van der Waals surface area contributed by atoms with Crippen molar-refractivity contribution in [3.63, 3.8) is 0 Å². The Morgan fingerprint density at radius 1 is 1.46 bits per heavy atom. The SMILES string of the molecule is CCc1nc(NC)nc2nc[nH]c12. The Hall–Kier alpha value is -1.65. The van der Waals surface area contributed by atoms with Gasteiger partial charge in [0.1, 0.15) is 5.52 Å². The van der Waals surface area contributed by atoms with E-state index < -0.39 is 0 Å². The second-order valence-corrected chi connectivity index (χ2v) is 2.70. The first-order chi connectivity index (χ1) is 6.35. The number of imidazole rings is 1. The topological polar surface area (TPSA) is 66.5 Å². The molecule has 2 N–H and O–H groups in total. The van der Waals surface area contributed by atoms with Gasteiger partial charge in [-0.1, -0.05) is 6.92 Å². The number of hydrogen-bond acceptors (Lipinski definition) is 4. The molecule has 13 heavy (non-hydrogen) atoms. The summed E-state index contributed by atoms with van der Waals surface area (Å²) < 4.78 is 0. The lowest BCUT2D eigenvalue weighted by molar-refractivity contribution is 1.02. The average molecular weight is 177 g/mol. The number of H-pyrrole nitrogens is 1. The van der Waals surface area contributed by atoms with Gasteiger partial charge in [-0.2, -0.15) is 4.98 Å². The molecule has 2 heterocycles. The Morgan fingerprint density at radius 3 is 3.00 bits per heavy atom. The number of fused-ring (bicyclic) bond motifs is 1. The average Bonchev–Trinajstić information content (AvgIpc) is 2.63. The highest BCUT2D eigenvalue weighted by atomic mass is 15.1. The van der Waals surface area contributed by atoms with E-state index in [0.717, 1.165) is 23.3 Å². The van der Waals surface area contributed by atoms with Crippen LogP contribution in [-0.4, -0.2) is 27.0 Å². The summed E-state index contributed by atoms with van der Waals surface area (Å²) in [6.45, 7) is 2.06. The lowest BCUT2D eigenvalue weighted by Gasteiger charge is -2.01. The van der Waals surface area contributed by atoms with Gasteiger partial charge in [0.15, 0.2) is 5.65 Å². The molecule has 0 unspecified atom stereocenters. The molecule has 0 spiro atoms. The first kappa shape index (κ1) is 7.97. The highest BCUT2D eigenvalue weighted by molar-refractivity contribution is 5.73. The number of nitrogens with zero attached hydrogens (tertiary/aromatic N) is 3. The monoisotopic (exact) mass is 177 g/mol. The van der Waals surface area contributed by atoms with Crippen LogP contribution in [-0.2, 0) is 6.42 Å². The summed E-state index contributed by atoms with van der Waals surface area (Å²) in [5, 5.41) is 2.91. The van der Waals surface area contributed by atoms with Crippen molar-refractivity contribution in [3.05, 3.63) is 12.0 Å². The zero-order valence-corrected chi connectivity index (χ0v) is 7.63. The van der Waals surface area contributed by atoms with Crippen LogP contribution in [0.4, 0.5) is 5.95 Å². The fourth-order valence-corrected chi connectivity index (χ4v) is 1.26. The maximum absolute atomic E-state index is 4.32. The zero-order valence-electron chi connectivity index (χ0n) is 7.63. The van der Waals surface area contributed by atoms with Gasteiger partial charge in [0, 0.05) is 7.05 Å². The lowest BCUT2D eigenvalue weighted by atomic mass is 10.3. The van der Waals surface area contributed by atoms with Crippen LogP contribution in [0.3, 0.4) is 0 Å². The van der Waals surface area contributed by atoms with Gasteiger partial charge in [0.25, 0.3) is 0 Å². The van der Waals surface area contributed by atoms with Crippen LogP contribution in [0.5, 0.6) is 0 Å². The van der Waals surface area contributed by atoms with E-state index in [1.54, 1.807) is 13.4 Å². The number of nitrogens with one attached hydrogen (secondary N) is 2. The fraction of sp³-hybridized carbons (Fsp3) is 0.375. The van der Waals surface area contributed by atoms with Crippen LogP contribution >= 0.6 is 0 Å². The van der Waals surface area contributed by atoms with Gasteiger partial charge in [-0.25, -0.2) is 9.97 Å². The van der Waals surface area contributed by atoms with E-state index in [-0.39, 0.29) is 0 Å². The number of rotatable bonds is 2. The van der Waals surface area contributed by atoms with E-state index >= 15 is 0 Å². The molecule has 0 bridgehead atoms. The first-order valence-corrected chi connectivity index (χ1v) is 4.23. The van der Waals surface area contributed by atoms with Gasteiger partial charge in [0.05, 0.1) is 12.0 Å². The minimum absolute atomic E-state index is 0.622. The van der Waals surface area contributed by atoms with Crippen LogP contribution in [0.15, 0.2) is 6.33 Å². The molecule has 5 heteroatoms. The summed E-state index contributed by atoms with van der Waals surface area (Å²) in [7, 11) is 1.80. The van der Waals surface area contributed by atoms with Gasteiger partial charge >= 0.3 is 0 Å². The molecule has 0 fully saturated rings. The molecule has 2 aromatic heterocycles. The van der Waals surface area contributed by atoms with Crippen LogP contribution in [0.1, 0.15) is 12.6 Å². The van der Waals surface area contributed by atoms with Crippen molar-refractivity contribution in [1.29, 1.82) is 0 Å². The van der Waals surface area contributed by atoms with Crippen molar-refractivity contribution in [2.45, 2.75) is 13.3 Å². The predicted molar refractivity (Wildman–Crippen MR) is 50.6 cm³/mol. The molecule has 0 amide bonds. The minimum atomic E-state index is 0.622. The van der Waals surface area contributed by atoms with E-state index in [4.69, 9.17) is 0 Å². The highest BCUT2D eigenvalue weighted by Gasteiger charge is 2.06. The second-order valence-electron chi connectivity index (χ2n) is 2.70. The van der Waals surface area contributed by atoms with Crippen LogP contribution in [0, 0.1) is 0 Å². The van der Waals surface area contributed by atoms with Crippen LogP contribution in [0.2, 0.25) is 0 Å². The molecular formula is C8H11N5. The molecule has 68 valence electrons. The Labute approximate surface area is 75.6 Å². The van der Waals surface area contributed by atoms with E-state index in [1.165, 1.54) is 0 Å². The van der Waals surface area contributed by atoms with Gasteiger partial charge in [-0.3, -0.25) is 0 Å². The molecule has 0 radical (unpaired) electrons. The third-order valence-corrected chi connectivity index (χ3v) is 1.92. The Balaban J connectivity index is 2.70. The molecule has 0 saturated heterocycles. The summed E-state index contributed by atoms with van der Waals surface area (Å²) in [5.74, 6) is 0.622. The third-order valence-electron chi connectivity index (χ3n) is 1.92. The molecular weight excluding hydrogens is 166 g/mol. The van der Waals surface area contributed by atoms with E-state index in [0.29, 0.717) is 5.95 Å². The number of aromatic amines is 1. The number of aromatic nitrogens is 4. The van der Waals surface area contributed by atoms with E-state index in [9.17, 15) is 0 Å². The van der Waals surface area contributed by atoms with Gasteiger partial charge in [-0.15, -0.1) is 0 Å². The first-order valence-electron chi connectivity index (χ1n) is 4.23. The summed E-state index contributed by atoms with van der Waals surface area (Å²) >= 11 is 0. The smallest absolute Gasteiger partial charge is 0.224 e. The summed E-state index contributed by atoms with van der Waals surface area (Å²) in [6.07, 6.45) is 2.51. The molecule has 0 aliphatic rings. The van der Waals surface area contributed by atoms with Crippen molar-refractivity contribution in [2.75, 3.05) is 12.4 Å². The third kappa shape index (κ3) is 1.22. The Bertz CT molecular complexity index is 419. The van der Waals surface area contributed by atoms with Gasteiger partial charge in [0.2, 0.25) is 5.95 Å². The van der Waals surface area contributed by atoms with Crippen LogP contribution < -0.4 is 5.32 Å². The maximum atomic E-state index is 4.32. The Morgan fingerprint density at radius 2 is 2.31 bits per heavy atom.